The van der Waals surface area contributed by atoms with E-state index in [9.17, 15) is 9.59 Å². The number of para-hydroxylation sites is 1. The Morgan fingerprint density at radius 3 is 2.52 bits per heavy atom. The third kappa shape index (κ3) is 5.09. The second-order valence-corrected chi connectivity index (χ2v) is 8.63. The molecule has 4 rings (SSSR count). The van der Waals surface area contributed by atoms with Crippen LogP contribution < -0.4 is 10.6 Å². The van der Waals surface area contributed by atoms with Crippen LogP contribution >= 0.6 is 11.3 Å². The first-order chi connectivity index (χ1) is 16.1. The predicted molar refractivity (Wildman–Crippen MR) is 132 cm³/mol. The maximum Gasteiger partial charge on any atom is 0.315 e. The summed E-state index contributed by atoms with van der Waals surface area (Å²) in [5.74, 6) is -0.347. The van der Waals surface area contributed by atoms with E-state index in [-0.39, 0.29) is 18.4 Å². The second-order valence-electron chi connectivity index (χ2n) is 7.68. The number of fused-ring (bicyclic) bond motifs is 1. The molecule has 33 heavy (non-hydrogen) atoms. The van der Waals surface area contributed by atoms with Crippen molar-refractivity contribution in [3.63, 3.8) is 0 Å². The molecule has 4 aromatic rings. The number of nitrogens with one attached hydrogen (secondary N) is 2. The zero-order valence-electron chi connectivity index (χ0n) is 18.7. The average molecular weight is 462 g/mol. The van der Waals surface area contributed by atoms with Crippen LogP contribution in [-0.2, 0) is 23.1 Å². The molecule has 2 aromatic heterocycles. The molecule has 0 saturated heterocycles. The van der Waals surface area contributed by atoms with Crippen LogP contribution in [0.4, 0.5) is 4.79 Å². The van der Waals surface area contributed by atoms with Gasteiger partial charge in [0.2, 0.25) is 0 Å². The molecule has 2 N–H and O–H groups in total. The molecule has 0 aliphatic carbocycles. The van der Waals surface area contributed by atoms with Crippen LogP contribution in [0.1, 0.15) is 30.5 Å². The van der Waals surface area contributed by atoms with Gasteiger partial charge in [0.05, 0.1) is 29.6 Å². The number of carbonyl (C=O) groups is 2. The Morgan fingerprint density at radius 2 is 1.79 bits per heavy atom. The summed E-state index contributed by atoms with van der Waals surface area (Å²) in [6.07, 6.45) is 0.0694. The van der Waals surface area contributed by atoms with Crippen molar-refractivity contribution in [2.45, 2.75) is 25.9 Å². The Bertz CT molecular complexity index is 1230. The van der Waals surface area contributed by atoms with E-state index in [4.69, 9.17) is 4.74 Å². The molecule has 0 unspecified atom stereocenters. The van der Waals surface area contributed by atoms with Gasteiger partial charge in [-0.3, -0.25) is 4.79 Å². The molecule has 2 aromatic carbocycles. The first-order valence-corrected chi connectivity index (χ1v) is 11.8. The van der Waals surface area contributed by atoms with Gasteiger partial charge in [-0.2, -0.15) is 0 Å². The lowest BCUT2D eigenvalue weighted by molar-refractivity contribution is -0.143. The van der Waals surface area contributed by atoms with E-state index in [2.05, 4.69) is 38.8 Å². The van der Waals surface area contributed by atoms with Crippen molar-refractivity contribution in [3.05, 3.63) is 83.2 Å². The fourth-order valence-corrected chi connectivity index (χ4v) is 4.91. The number of amides is 2. The number of esters is 1. The standard InChI is InChI=1S/C26H27N3O3S/c1-3-32-24(30)16-21(18-10-5-4-6-11-18)28-26(31)27-17-20-19-12-7-8-13-22(19)29(2)25(20)23-14-9-15-33-23/h4-15,21H,3,16-17H2,1-2H3,(H2,27,28,31)/t21-/m0/s1. The van der Waals surface area contributed by atoms with Crippen molar-refractivity contribution >= 4 is 34.2 Å². The monoisotopic (exact) mass is 461 g/mol. The van der Waals surface area contributed by atoms with Gasteiger partial charge in [-0.25, -0.2) is 4.79 Å². The first-order valence-electron chi connectivity index (χ1n) is 10.9. The van der Waals surface area contributed by atoms with Gasteiger partial charge in [-0.1, -0.05) is 54.6 Å². The minimum atomic E-state index is -0.477. The summed E-state index contributed by atoms with van der Waals surface area (Å²) in [7, 11) is 2.05. The van der Waals surface area contributed by atoms with E-state index in [1.54, 1.807) is 18.3 Å². The van der Waals surface area contributed by atoms with Crippen LogP contribution in [0.2, 0.25) is 0 Å². The lowest BCUT2D eigenvalue weighted by Crippen LogP contribution is -2.38. The number of urea groups is 1. The average Bonchev–Trinajstić information content (AvgIpc) is 3.44. The van der Waals surface area contributed by atoms with E-state index >= 15 is 0 Å². The number of hydrogen-bond acceptors (Lipinski definition) is 4. The fourth-order valence-electron chi connectivity index (χ4n) is 4.08. The molecule has 2 heterocycles. The number of rotatable bonds is 8. The van der Waals surface area contributed by atoms with Crippen LogP contribution in [0.5, 0.6) is 0 Å². The SMILES string of the molecule is CCOC(=O)C[C@H](NC(=O)NCc1c(-c2cccs2)n(C)c2ccccc12)c1ccccc1. The molecule has 1 atom stereocenters. The zero-order chi connectivity index (χ0) is 23.2. The van der Waals surface area contributed by atoms with Gasteiger partial charge in [0.25, 0.3) is 0 Å². The highest BCUT2D eigenvalue weighted by molar-refractivity contribution is 7.13. The quantitative estimate of drug-likeness (QED) is 0.345. The summed E-state index contributed by atoms with van der Waals surface area (Å²) in [4.78, 5) is 26.2. The molecule has 0 fully saturated rings. The minimum absolute atomic E-state index is 0.0694. The normalized spacial score (nSPS) is 11.8. The van der Waals surface area contributed by atoms with Gasteiger partial charge in [0.15, 0.2) is 0 Å². The van der Waals surface area contributed by atoms with Gasteiger partial charge in [0.1, 0.15) is 0 Å². The maximum absolute atomic E-state index is 12.9. The molecule has 2 amide bonds. The first kappa shape index (κ1) is 22.6. The number of nitrogens with zero attached hydrogens (tertiary/aromatic N) is 1. The Balaban J connectivity index is 1.54. The molecule has 0 aliphatic heterocycles. The summed E-state index contributed by atoms with van der Waals surface area (Å²) in [6.45, 7) is 2.44. The van der Waals surface area contributed by atoms with Crippen LogP contribution in [-0.4, -0.2) is 23.2 Å². The van der Waals surface area contributed by atoms with Crippen molar-refractivity contribution in [3.8, 4) is 10.6 Å². The van der Waals surface area contributed by atoms with Crippen molar-refractivity contribution in [1.29, 1.82) is 0 Å². The van der Waals surface area contributed by atoms with Crippen molar-refractivity contribution in [2.24, 2.45) is 7.05 Å². The fraction of sp³-hybridized carbons (Fsp3) is 0.231. The van der Waals surface area contributed by atoms with Crippen LogP contribution in [0.15, 0.2) is 72.1 Å². The largest absolute Gasteiger partial charge is 0.466 e. The van der Waals surface area contributed by atoms with Gasteiger partial charge in [-0.15, -0.1) is 11.3 Å². The molecule has 0 radical (unpaired) electrons. The lowest BCUT2D eigenvalue weighted by atomic mass is 10.0. The maximum atomic E-state index is 12.9. The third-order valence-electron chi connectivity index (χ3n) is 5.58. The summed E-state index contributed by atoms with van der Waals surface area (Å²) < 4.78 is 7.27. The van der Waals surface area contributed by atoms with Crippen LogP contribution in [0.3, 0.4) is 0 Å². The summed E-state index contributed by atoms with van der Waals surface area (Å²) in [5, 5.41) is 9.11. The van der Waals surface area contributed by atoms with Crippen LogP contribution in [0.25, 0.3) is 21.5 Å². The Hall–Kier alpha value is -3.58. The Morgan fingerprint density at radius 1 is 1.03 bits per heavy atom. The minimum Gasteiger partial charge on any atom is -0.466 e. The second kappa shape index (κ2) is 10.4. The molecule has 0 bridgehead atoms. The molecule has 6 nitrogen and oxygen atoms in total. The van der Waals surface area contributed by atoms with Gasteiger partial charge >= 0.3 is 12.0 Å². The van der Waals surface area contributed by atoms with E-state index < -0.39 is 6.04 Å². The number of aromatic nitrogens is 1. The number of hydrogen-bond donors (Lipinski definition) is 2. The highest BCUT2D eigenvalue weighted by atomic mass is 32.1. The lowest BCUT2D eigenvalue weighted by Gasteiger charge is -2.19. The molecule has 170 valence electrons. The van der Waals surface area contributed by atoms with Crippen molar-refractivity contribution in [2.75, 3.05) is 6.61 Å². The Labute approximate surface area is 197 Å². The highest BCUT2D eigenvalue weighted by Gasteiger charge is 2.21. The number of aryl methyl sites for hydroxylation is 1. The predicted octanol–water partition coefficient (Wildman–Crippen LogP) is 5.40. The van der Waals surface area contributed by atoms with Crippen molar-refractivity contribution in [1.82, 2.24) is 15.2 Å². The summed E-state index contributed by atoms with van der Waals surface area (Å²) >= 11 is 1.67. The summed E-state index contributed by atoms with van der Waals surface area (Å²) in [5.41, 5.74) is 4.12. The highest BCUT2D eigenvalue weighted by Crippen LogP contribution is 2.35. The van der Waals surface area contributed by atoms with Gasteiger partial charge < -0.3 is 19.9 Å². The number of ether oxygens (including phenoxy) is 1. The third-order valence-corrected chi connectivity index (χ3v) is 6.45. The number of benzene rings is 2. The van der Waals surface area contributed by atoms with Crippen molar-refractivity contribution < 1.29 is 14.3 Å². The summed E-state index contributed by atoms with van der Waals surface area (Å²) in [6, 6.07) is 21.0. The molecular weight excluding hydrogens is 434 g/mol. The van der Waals surface area contributed by atoms with E-state index in [0.717, 1.165) is 32.6 Å². The topological polar surface area (TPSA) is 72.4 Å². The molecule has 0 spiro atoms. The molecular formula is C26H27N3O3S. The zero-order valence-corrected chi connectivity index (χ0v) is 19.5. The van der Waals surface area contributed by atoms with E-state index in [0.29, 0.717) is 13.2 Å². The number of thiophene rings is 1. The molecule has 7 heteroatoms. The van der Waals surface area contributed by atoms with Gasteiger partial charge in [-0.05, 0) is 30.0 Å². The number of carbonyl (C=O) groups excluding carboxylic acids is 2. The smallest absolute Gasteiger partial charge is 0.315 e. The molecule has 0 aliphatic rings. The Kier molecular flexibility index (Phi) is 7.10. The van der Waals surface area contributed by atoms with Gasteiger partial charge in [0, 0.05) is 30.1 Å². The van der Waals surface area contributed by atoms with Crippen LogP contribution in [0, 0.1) is 0 Å². The molecule has 0 saturated carbocycles. The van der Waals surface area contributed by atoms with E-state index in [1.165, 1.54) is 0 Å². The van der Waals surface area contributed by atoms with E-state index in [1.807, 2.05) is 55.6 Å².